The fourth-order valence-electron chi connectivity index (χ4n) is 4.06. The average Bonchev–Trinajstić information content (AvgIpc) is 3.14. The lowest BCUT2D eigenvalue weighted by Gasteiger charge is -2.09. The fraction of sp³-hybridized carbons (Fsp3) is 0.722. The zero-order valence-corrected chi connectivity index (χ0v) is 29.7. The maximum Gasteiger partial charge on any atom is 0.120 e. The van der Waals surface area contributed by atoms with Crippen molar-refractivity contribution in [3.05, 3.63) is 42.5 Å². The standard InChI is InChI=1S/C36H60O14/c37-7-8-38-9-10-39-11-12-40-13-14-41-15-16-42-17-18-43-19-20-44-21-22-45-23-24-46-25-26-47-27-28-48-29-30-49-31-32-50-36-6-5-34-3-1-2-4-35(34)33-36/h1-6,33,37H,7-32H2. The molecule has 0 aliphatic heterocycles. The molecule has 0 amide bonds. The van der Waals surface area contributed by atoms with Crippen molar-refractivity contribution in [2.24, 2.45) is 0 Å². The van der Waals surface area contributed by atoms with E-state index in [0.717, 1.165) is 11.1 Å². The molecule has 14 heteroatoms. The van der Waals surface area contributed by atoms with E-state index in [1.54, 1.807) is 0 Å². The summed E-state index contributed by atoms with van der Waals surface area (Å²) in [6, 6.07) is 14.3. The van der Waals surface area contributed by atoms with E-state index in [2.05, 4.69) is 18.2 Å². The minimum Gasteiger partial charge on any atom is -0.491 e. The van der Waals surface area contributed by atoms with E-state index in [-0.39, 0.29) is 6.61 Å². The molecule has 14 nitrogen and oxygen atoms in total. The van der Waals surface area contributed by atoms with Gasteiger partial charge in [-0.05, 0) is 22.9 Å². The first-order valence-electron chi connectivity index (χ1n) is 17.6. The maximum absolute atomic E-state index is 8.59. The first-order chi connectivity index (χ1) is 24.9. The topological polar surface area (TPSA) is 140 Å². The van der Waals surface area contributed by atoms with Crippen LogP contribution in [0.1, 0.15) is 0 Å². The quantitative estimate of drug-likeness (QED) is 0.101. The van der Waals surface area contributed by atoms with Crippen LogP contribution >= 0.6 is 0 Å². The van der Waals surface area contributed by atoms with Crippen molar-refractivity contribution in [3.63, 3.8) is 0 Å². The Morgan fingerprint density at radius 2 is 0.580 bits per heavy atom. The number of aliphatic hydroxyl groups is 1. The minimum absolute atomic E-state index is 0.0237. The van der Waals surface area contributed by atoms with Crippen molar-refractivity contribution >= 4 is 10.8 Å². The zero-order chi connectivity index (χ0) is 35.3. The van der Waals surface area contributed by atoms with Gasteiger partial charge in [-0.2, -0.15) is 0 Å². The van der Waals surface area contributed by atoms with E-state index in [1.165, 1.54) is 5.39 Å². The maximum atomic E-state index is 8.59. The molecule has 0 aliphatic rings. The van der Waals surface area contributed by atoms with Gasteiger partial charge in [-0.15, -0.1) is 0 Å². The van der Waals surface area contributed by atoms with Crippen LogP contribution in [-0.2, 0) is 56.8 Å². The first kappa shape index (κ1) is 44.1. The third-order valence-corrected chi connectivity index (χ3v) is 6.55. The Labute approximate surface area is 297 Å². The fourth-order valence-corrected chi connectivity index (χ4v) is 4.06. The molecule has 0 fully saturated rings. The van der Waals surface area contributed by atoms with Crippen LogP contribution in [0, 0.1) is 0 Å². The van der Waals surface area contributed by atoms with Gasteiger partial charge < -0.3 is 66.7 Å². The van der Waals surface area contributed by atoms with Gasteiger partial charge in [0.15, 0.2) is 0 Å². The Morgan fingerprint density at radius 1 is 0.300 bits per heavy atom. The summed E-state index contributed by atoms with van der Waals surface area (Å²) in [7, 11) is 0. The van der Waals surface area contributed by atoms with Gasteiger partial charge in [0.25, 0.3) is 0 Å². The van der Waals surface area contributed by atoms with E-state index in [4.69, 9.17) is 66.7 Å². The molecule has 0 atom stereocenters. The van der Waals surface area contributed by atoms with E-state index < -0.39 is 0 Å². The van der Waals surface area contributed by atoms with Gasteiger partial charge in [0.1, 0.15) is 12.4 Å². The molecular weight excluding hydrogens is 656 g/mol. The predicted molar refractivity (Wildman–Crippen MR) is 186 cm³/mol. The molecule has 0 heterocycles. The highest BCUT2D eigenvalue weighted by Gasteiger charge is 1.99. The minimum atomic E-state index is 0.0237. The van der Waals surface area contributed by atoms with Gasteiger partial charge in [-0.1, -0.05) is 30.3 Å². The highest BCUT2D eigenvalue weighted by atomic mass is 16.6. The third-order valence-electron chi connectivity index (χ3n) is 6.55. The molecule has 50 heavy (non-hydrogen) atoms. The molecule has 0 aromatic heterocycles. The number of rotatable bonds is 39. The monoisotopic (exact) mass is 716 g/mol. The van der Waals surface area contributed by atoms with Gasteiger partial charge in [0.05, 0.1) is 165 Å². The molecule has 2 aromatic carbocycles. The average molecular weight is 717 g/mol. The highest BCUT2D eigenvalue weighted by molar-refractivity contribution is 5.83. The number of ether oxygens (including phenoxy) is 13. The van der Waals surface area contributed by atoms with Gasteiger partial charge >= 0.3 is 0 Å². The van der Waals surface area contributed by atoms with Gasteiger partial charge in [0, 0.05) is 0 Å². The van der Waals surface area contributed by atoms with E-state index in [1.807, 2.05) is 24.3 Å². The van der Waals surface area contributed by atoms with Crippen molar-refractivity contribution in [3.8, 4) is 5.75 Å². The predicted octanol–water partition coefficient (Wildman–Crippen LogP) is 2.41. The van der Waals surface area contributed by atoms with Crippen LogP contribution in [0.2, 0.25) is 0 Å². The molecule has 0 unspecified atom stereocenters. The molecule has 0 aliphatic carbocycles. The summed E-state index contributed by atoms with van der Waals surface area (Å²) >= 11 is 0. The molecule has 0 bridgehead atoms. The van der Waals surface area contributed by atoms with Crippen molar-refractivity contribution in [2.75, 3.05) is 172 Å². The van der Waals surface area contributed by atoms with Crippen LogP contribution in [-0.4, -0.2) is 177 Å². The van der Waals surface area contributed by atoms with Crippen LogP contribution in [0.4, 0.5) is 0 Å². The Kier molecular flexibility index (Phi) is 31.2. The number of fused-ring (bicyclic) bond motifs is 1. The summed E-state index contributed by atoms with van der Waals surface area (Å²) in [5.74, 6) is 0.843. The summed E-state index contributed by atoms with van der Waals surface area (Å²) in [6.07, 6.45) is 0. The number of aliphatic hydroxyl groups excluding tert-OH is 1. The largest absolute Gasteiger partial charge is 0.491 e. The lowest BCUT2D eigenvalue weighted by atomic mass is 10.1. The van der Waals surface area contributed by atoms with Crippen LogP contribution in [0.5, 0.6) is 5.75 Å². The molecule has 288 valence electrons. The number of benzene rings is 2. The molecular formula is C36H60O14. The van der Waals surface area contributed by atoms with E-state index in [9.17, 15) is 0 Å². The smallest absolute Gasteiger partial charge is 0.120 e. The number of hydrogen-bond donors (Lipinski definition) is 1. The molecule has 1 N–H and O–H groups in total. The van der Waals surface area contributed by atoms with E-state index in [0.29, 0.717) is 165 Å². The zero-order valence-electron chi connectivity index (χ0n) is 29.7. The van der Waals surface area contributed by atoms with Crippen molar-refractivity contribution in [2.45, 2.75) is 0 Å². The SMILES string of the molecule is OCCOCCOCCOCCOCCOCCOCCOCCOCCOCCOCCOCCOCCOc1ccc2ccccc2c1. The lowest BCUT2D eigenvalue weighted by Crippen LogP contribution is -2.15. The second-order valence-corrected chi connectivity index (χ2v) is 10.4. The lowest BCUT2D eigenvalue weighted by molar-refractivity contribution is -0.0287. The van der Waals surface area contributed by atoms with Gasteiger partial charge in [0.2, 0.25) is 0 Å². The Hall–Kier alpha value is -2.02. The summed E-state index contributed by atoms with van der Waals surface area (Å²) in [5, 5.41) is 10.9. The highest BCUT2D eigenvalue weighted by Crippen LogP contribution is 2.20. The van der Waals surface area contributed by atoms with Crippen LogP contribution in [0.3, 0.4) is 0 Å². The summed E-state index contributed by atoms with van der Waals surface area (Å²) < 4.78 is 71.0. The molecule has 0 radical (unpaired) electrons. The van der Waals surface area contributed by atoms with Crippen molar-refractivity contribution in [1.29, 1.82) is 0 Å². The second-order valence-electron chi connectivity index (χ2n) is 10.4. The van der Waals surface area contributed by atoms with Crippen molar-refractivity contribution in [1.82, 2.24) is 0 Å². The summed E-state index contributed by atoms with van der Waals surface area (Å²) in [4.78, 5) is 0. The van der Waals surface area contributed by atoms with Gasteiger partial charge in [-0.3, -0.25) is 0 Å². The van der Waals surface area contributed by atoms with E-state index >= 15 is 0 Å². The van der Waals surface area contributed by atoms with Crippen LogP contribution in [0.15, 0.2) is 42.5 Å². The van der Waals surface area contributed by atoms with Crippen LogP contribution in [0.25, 0.3) is 10.8 Å². The normalized spacial score (nSPS) is 11.5. The first-order valence-corrected chi connectivity index (χ1v) is 17.6. The van der Waals surface area contributed by atoms with Crippen LogP contribution < -0.4 is 4.74 Å². The second kappa shape index (κ2) is 35.4. The molecule has 0 saturated carbocycles. The summed E-state index contributed by atoms with van der Waals surface area (Å²) in [5.41, 5.74) is 0. The molecule has 0 saturated heterocycles. The Bertz CT molecular complexity index is 985. The third kappa shape index (κ3) is 27.7. The molecule has 2 rings (SSSR count). The summed E-state index contributed by atoms with van der Waals surface area (Å²) in [6.45, 7) is 12.4. The van der Waals surface area contributed by atoms with Crippen molar-refractivity contribution < 1.29 is 66.7 Å². The Balaban J connectivity index is 1.15. The molecule has 0 spiro atoms. The van der Waals surface area contributed by atoms with Gasteiger partial charge in [-0.25, -0.2) is 0 Å². The Morgan fingerprint density at radius 3 is 0.900 bits per heavy atom. The molecule has 2 aromatic rings. The number of hydrogen-bond acceptors (Lipinski definition) is 14.